The van der Waals surface area contributed by atoms with Crippen LogP contribution in [-0.4, -0.2) is 50.4 Å². The maximum absolute atomic E-state index is 13.8. The lowest BCUT2D eigenvalue weighted by molar-refractivity contribution is -0.393. The maximum Gasteiger partial charge on any atom is 0.410 e. The number of methoxy groups -OCH3 is 2. The molecule has 244 valence electrons. The molecular formula is C42H41NO5. The van der Waals surface area contributed by atoms with E-state index >= 15 is 0 Å². The van der Waals surface area contributed by atoms with E-state index in [4.69, 9.17) is 18.9 Å². The Bertz CT molecular complexity index is 1680. The molecule has 0 aromatic heterocycles. The monoisotopic (exact) mass is 639 g/mol. The number of likely N-dealkylation sites (tertiary alicyclic amines) is 1. The molecule has 1 atom stereocenters. The predicted molar refractivity (Wildman–Crippen MR) is 186 cm³/mol. The van der Waals surface area contributed by atoms with Gasteiger partial charge >= 0.3 is 6.09 Å². The van der Waals surface area contributed by atoms with E-state index in [0.717, 1.165) is 29.5 Å². The van der Waals surface area contributed by atoms with Crippen molar-refractivity contribution in [3.63, 3.8) is 0 Å². The minimum atomic E-state index is -1.50. The van der Waals surface area contributed by atoms with Crippen molar-refractivity contribution in [2.45, 2.75) is 42.8 Å². The van der Waals surface area contributed by atoms with Crippen LogP contribution in [0.1, 0.15) is 53.0 Å². The first-order valence-electron chi connectivity index (χ1n) is 16.7. The lowest BCUT2D eigenvalue weighted by Crippen LogP contribution is -2.51. The Morgan fingerprint density at radius 3 is 1.60 bits per heavy atom. The Morgan fingerprint density at radius 2 is 1.12 bits per heavy atom. The predicted octanol–water partition coefficient (Wildman–Crippen LogP) is 8.75. The summed E-state index contributed by atoms with van der Waals surface area (Å²) in [6.07, 6.45) is 1.58. The van der Waals surface area contributed by atoms with Crippen LogP contribution >= 0.6 is 0 Å². The molecule has 0 radical (unpaired) electrons. The van der Waals surface area contributed by atoms with Gasteiger partial charge in [-0.1, -0.05) is 140 Å². The zero-order valence-corrected chi connectivity index (χ0v) is 27.5. The molecule has 5 aromatic rings. The molecule has 7 rings (SSSR count). The molecule has 0 bridgehead atoms. The van der Waals surface area contributed by atoms with Crippen molar-refractivity contribution in [2.75, 3.05) is 27.4 Å². The van der Waals surface area contributed by atoms with Gasteiger partial charge in [-0.2, -0.15) is 0 Å². The highest BCUT2D eigenvalue weighted by molar-refractivity contribution is 5.79. The normalized spacial score (nSPS) is 16.0. The second-order valence-electron chi connectivity index (χ2n) is 12.5. The summed E-state index contributed by atoms with van der Waals surface area (Å²) in [7, 11) is 3.20. The fraction of sp³-hybridized carbons (Fsp3) is 0.262. The molecule has 2 aliphatic rings. The van der Waals surface area contributed by atoms with Crippen LogP contribution in [0.2, 0.25) is 0 Å². The van der Waals surface area contributed by atoms with E-state index in [1.54, 1.807) is 14.2 Å². The number of benzene rings is 5. The smallest absolute Gasteiger partial charge is 0.410 e. The van der Waals surface area contributed by atoms with Crippen molar-refractivity contribution < 1.29 is 23.7 Å². The molecule has 6 nitrogen and oxygen atoms in total. The Hall–Kier alpha value is -4.75. The van der Waals surface area contributed by atoms with Gasteiger partial charge in [-0.15, -0.1) is 0 Å². The largest absolute Gasteiger partial charge is 0.448 e. The minimum absolute atomic E-state index is 0.00832. The third-order valence-corrected chi connectivity index (χ3v) is 9.90. The van der Waals surface area contributed by atoms with Crippen molar-refractivity contribution in [1.29, 1.82) is 0 Å². The van der Waals surface area contributed by atoms with E-state index in [-0.39, 0.29) is 24.7 Å². The number of hydrogen-bond donors (Lipinski definition) is 0. The lowest BCUT2D eigenvalue weighted by atomic mass is 9.80. The van der Waals surface area contributed by atoms with E-state index < -0.39 is 11.6 Å². The van der Waals surface area contributed by atoms with Crippen molar-refractivity contribution >= 4 is 6.09 Å². The van der Waals surface area contributed by atoms with Gasteiger partial charge in [-0.25, -0.2) is 4.79 Å². The van der Waals surface area contributed by atoms with E-state index in [9.17, 15) is 4.79 Å². The SMILES string of the molecule is COC(CC1CCCN1C(=O)OCC1c2ccccc2-c2ccccc21)(OC)OC(c1ccccc1)(c1ccccc1)c1ccccc1. The van der Waals surface area contributed by atoms with E-state index in [1.807, 2.05) is 71.6 Å². The molecular weight excluding hydrogens is 598 g/mol. The third-order valence-electron chi connectivity index (χ3n) is 9.90. The van der Waals surface area contributed by atoms with Gasteiger partial charge in [0.1, 0.15) is 12.2 Å². The van der Waals surface area contributed by atoms with Crippen LogP contribution in [0.25, 0.3) is 11.1 Å². The summed E-state index contributed by atoms with van der Waals surface area (Å²) in [5.41, 5.74) is 6.50. The van der Waals surface area contributed by atoms with Gasteiger partial charge in [-0.05, 0) is 51.8 Å². The third kappa shape index (κ3) is 5.81. The average Bonchev–Trinajstić information content (AvgIpc) is 3.75. The maximum atomic E-state index is 13.8. The summed E-state index contributed by atoms with van der Waals surface area (Å²) in [4.78, 5) is 15.6. The van der Waals surface area contributed by atoms with E-state index in [2.05, 4.69) is 72.8 Å². The summed E-state index contributed by atoms with van der Waals surface area (Å²) in [5, 5.41) is 0. The molecule has 1 heterocycles. The summed E-state index contributed by atoms with van der Waals surface area (Å²) < 4.78 is 25.8. The molecule has 5 aromatic carbocycles. The minimum Gasteiger partial charge on any atom is -0.448 e. The molecule has 1 amide bonds. The van der Waals surface area contributed by atoms with Gasteiger partial charge in [0.05, 0.1) is 6.42 Å². The van der Waals surface area contributed by atoms with E-state index in [0.29, 0.717) is 13.0 Å². The number of amides is 1. The Morgan fingerprint density at radius 1 is 0.667 bits per heavy atom. The first-order valence-corrected chi connectivity index (χ1v) is 16.7. The fourth-order valence-corrected chi connectivity index (χ4v) is 7.56. The zero-order valence-electron chi connectivity index (χ0n) is 27.5. The van der Waals surface area contributed by atoms with Gasteiger partial charge in [0, 0.05) is 32.7 Å². The zero-order chi connectivity index (χ0) is 33.0. The number of nitrogens with zero attached hydrogens (tertiary/aromatic N) is 1. The summed E-state index contributed by atoms with van der Waals surface area (Å²) in [5.74, 6) is -1.51. The Balaban J connectivity index is 1.17. The van der Waals surface area contributed by atoms with Gasteiger partial charge in [0.2, 0.25) is 0 Å². The van der Waals surface area contributed by atoms with Crippen LogP contribution < -0.4 is 0 Å². The molecule has 1 unspecified atom stereocenters. The molecule has 0 saturated carbocycles. The standard InChI is InChI=1S/C42H41NO5/c1-45-41(46-2,48-42(31-17-6-3-7-18-31,32-19-8-4-9-20-32)33-21-10-5-11-22-33)29-34-23-16-28-43(34)40(44)47-30-39-37-26-14-12-24-35(37)36-25-13-15-27-38(36)39/h3-15,17-22,24-27,34,39H,16,23,28-30H2,1-2H3. The Kier molecular flexibility index (Phi) is 9.13. The summed E-state index contributed by atoms with van der Waals surface area (Å²) in [6, 6.07) is 47.0. The summed E-state index contributed by atoms with van der Waals surface area (Å²) >= 11 is 0. The quantitative estimate of drug-likeness (QED) is 0.107. The van der Waals surface area contributed by atoms with Crippen LogP contribution in [0, 0.1) is 0 Å². The van der Waals surface area contributed by atoms with Gasteiger partial charge in [0.15, 0.2) is 0 Å². The number of carbonyl (C=O) groups excluding carboxylic acids is 1. The Labute approximate surface area is 282 Å². The number of carbonyl (C=O) groups is 1. The fourth-order valence-electron chi connectivity index (χ4n) is 7.56. The van der Waals surface area contributed by atoms with Gasteiger partial charge in [-0.3, -0.25) is 0 Å². The van der Waals surface area contributed by atoms with Crippen LogP contribution in [0.15, 0.2) is 140 Å². The topological polar surface area (TPSA) is 57.2 Å². The second kappa shape index (κ2) is 13.8. The second-order valence-corrected chi connectivity index (χ2v) is 12.5. The lowest BCUT2D eigenvalue weighted by Gasteiger charge is -2.44. The molecule has 6 heteroatoms. The number of ether oxygens (including phenoxy) is 4. The van der Waals surface area contributed by atoms with Crippen LogP contribution in [0.4, 0.5) is 4.79 Å². The van der Waals surface area contributed by atoms with E-state index in [1.165, 1.54) is 22.3 Å². The van der Waals surface area contributed by atoms with Crippen molar-refractivity contribution in [1.82, 2.24) is 4.90 Å². The molecule has 1 aliphatic heterocycles. The first-order chi connectivity index (χ1) is 23.6. The van der Waals surface area contributed by atoms with Crippen molar-refractivity contribution in [3.8, 4) is 11.1 Å². The highest BCUT2D eigenvalue weighted by atomic mass is 16.9. The number of hydrogen-bond acceptors (Lipinski definition) is 5. The molecule has 1 saturated heterocycles. The molecule has 48 heavy (non-hydrogen) atoms. The molecule has 1 fully saturated rings. The van der Waals surface area contributed by atoms with Crippen LogP contribution in [-0.2, 0) is 24.5 Å². The van der Waals surface area contributed by atoms with Crippen LogP contribution in [0.3, 0.4) is 0 Å². The highest BCUT2D eigenvalue weighted by Crippen LogP contribution is 2.47. The molecule has 1 aliphatic carbocycles. The molecule has 0 spiro atoms. The summed E-state index contributed by atoms with van der Waals surface area (Å²) in [6.45, 7) is 0.859. The number of fused-ring (bicyclic) bond motifs is 3. The van der Waals surface area contributed by atoms with Crippen molar-refractivity contribution in [2.24, 2.45) is 0 Å². The van der Waals surface area contributed by atoms with Gasteiger partial charge in [0.25, 0.3) is 5.97 Å². The molecule has 0 N–H and O–H groups in total. The van der Waals surface area contributed by atoms with Crippen LogP contribution in [0.5, 0.6) is 0 Å². The van der Waals surface area contributed by atoms with Crippen molar-refractivity contribution in [3.05, 3.63) is 167 Å². The number of rotatable bonds is 11. The first kappa shape index (κ1) is 31.8. The van der Waals surface area contributed by atoms with Gasteiger partial charge < -0.3 is 23.8 Å². The highest BCUT2D eigenvalue weighted by Gasteiger charge is 2.49. The average molecular weight is 640 g/mol.